The number of carbonyl (C=O) groups is 1. The molecule has 0 amide bonds. The molecule has 4 aromatic heterocycles. The van der Waals surface area contributed by atoms with E-state index in [1.54, 1.807) is 15.8 Å². The standard InChI is InChI=1S/C36H37N7O7/c1-21(2)48-35-38-30-26-7-5-6-8-29(26)50-31(30)32(39-35)43-18-25(16-28(43)34(44)45)49-33-27(42-13-14-47-36(22(42)3)19-46-20-36)15-23(17-37-33)9-10-24-11-12-41(4)40-24/h5-8,11-12,15,17,21-22,25,28H,13-14,16,18-20H2,1-4H3,(H,44,45)/t22-,25-,28-/m0/s1. The van der Waals surface area contributed by atoms with Crippen LogP contribution in [0.5, 0.6) is 11.9 Å². The first kappa shape index (κ1) is 31.9. The fourth-order valence-electron chi connectivity index (χ4n) is 6.85. The maximum Gasteiger partial charge on any atom is 0.326 e. The van der Waals surface area contributed by atoms with E-state index in [-0.39, 0.29) is 31.1 Å². The minimum absolute atomic E-state index is 0.0400. The summed E-state index contributed by atoms with van der Waals surface area (Å²) in [5.41, 5.74) is 3.22. The molecule has 50 heavy (non-hydrogen) atoms. The fourth-order valence-corrected chi connectivity index (χ4v) is 6.85. The molecule has 0 saturated carbocycles. The van der Waals surface area contributed by atoms with Crippen LogP contribution in [0.15, 0.2) is 53.2 Å². The number of hydrogen-bond acceptors (Lipinski definition) is 12. The maximum absolute atomic E-state index is 12.8. The second kappa shape index (κ2) is 12.5. The van der Waals surface area contributed by atoms with Gasteiger partial charge in [0.05, 0.1) is 38.5 Å². The second-order valence-corrected chi connectivity index (χ2v) is 13.2. The van der Waals surface area contributed by atoms with Gasteiger partial charge in [0.2, 0.25) is 5.88 Å². The summed E-state index contributed by atoms with van der Waals surface area (Å²) in [4.78, 5) is 30.8. The first-order valence-corrected chi connectivity index (χ1v) is 16.7. The molecule has 3 atom stereocenters. The third-order valence-electron chi connectivity index (χ3n) is 9.45. The number of anilines is 2. The number of pyridine rings is 1. The van der Waals surface area contributed by atoms with Crippen molar-refractivity contribution in [2.45, 2.75) is 57.1 Å². The first-order chi connectivity index (χ1) is 24.2. The van der Waals surface area contributed by atoms with Gasteiger partial charge in [-0.15, -0.1) is 0 Å². The molecule has 1 spiro atoms. The fraction of sp³-hybridized carbons (Fsp3) is 0.417. The Morgan fingerprint density at radius 3 is 2.72 bits per heavy atom. The zero-order valence-electron chi connectivity index (χ0n) is 28.2. The summed E-state index contributed by atoms with van der Waals surface area (Å²) in [5, 5.41) is 15.6. The minimum atomic E-state index is -1.01. The van der Waals surface area contributed by atoms with Crippen LogP contribution in [0.2, 0.25) is 0 Å². The van der Waals surface area contributed by atoms with Crippen LogP contribution in [0.3, 0.4) is 0 Å². The van der Waals surface area contributed by atoms with Gasteiger partial charge in [-0.2, -0.15) is 15.1 Å². The number of nitrogens with zero attached hydrogens (tertiary/aromatic N) is 7. The number of rotatable bonds is 7. The number of para-hydroxylation sites is 1. The molecule has 8 rings (SSSR count). The summed E-state index contributed by atoms with van der Waals surface area (Å²) in [6.07, 6.45) is 2.95. The molecule has 14 heteroatoms. The Kier molecular flexibility index (Phi) is 7.96. The number of carboxylic acids is 1. The first-order valence-electron chi connectivity index (χ1n) is 16.7. The van der Waals surface area contributed by atoms with Crippen LogP contribution in [-0.2, 0) is 21.3 Å². The lowest BCUT2D eigenvalue weighted by atomic mass is 9.90. The van der Waals surface area contributed by atoms with Gasteiger partial charge >= 0.3 is 12.0 Å². The highest BCUT2D eigenvalue weighted by atomic mass is 16.6. The van der Waals surface area contributed by atoms with Crippen molar-refractivity contribution in [1.29, 1.82) is 0 Å². The molecule has 1 aromatic carbocycles. The lowest BCUT2D eigenvalue weighted by Crippen LogP contribution is -2.68. The number of ether oxygens (including phenoxy) is 4. The Bertz CT molecular complexity index is 2150. The van der Waals surface area contributed by atoms with Crippen molar-refractivity contribution >= 4 is 39.5 Å². The van der Waals surface area contributed by atoms with E-state index in [1.807, 2.05) is 63.5 Å². The number of carboxylic acid groups (broad SMARTS) is 1. The Morgan fingerprint density at radius 1 is 1.14 bits per heavy atom. The van der Waals surface area contributed by atoms with Gasteiger partial charge in [-0.05, 0) is 51.0 Å². The number of morpholine rings is 1. The summed E-state index contributed by atoms with van der Waals surface area (Å²) in [6.45, 7) is 8.21. The van der Waals surface area contributed by atoms with Crippen LogP contribution in [0.25, 0.3) is 22.1 Å². The van der Waals surface area contributed by atoms with E-state index in [9.17, 15) is 9.90 Å². The summed E-state index contributed by atoms with van der Waals surface area (Å²) in [7, 11) is 1.85. The number of benzene rings is 1. The highest BCUT2D eigenvalue weighted by Crippen LogP contribution is 2.41. The van der Waals surface area contributed by atoms with Gasteiger partial charge in [0.1, 0.15) is 40.2 Å². The number of aryl methyl sites for hydroxylation is 1. The van der Waals surface area contributed by atoms with Gasteiger partial charge in [0.25, 0.3) is 0 Å². The molecule has 258 valence electrons. The van der Waals surface area contributed by atoms with Crippen molar-refractivity contribution in [2.75, 3.05) is 42.7 Å². The van der Waals surface area contributed by atoms with Crippen LogP contribution < -0.4 is 19.3 Å². The Balaban J connectivity index is 1.15. The molecule has 0 unspecified atom stereocenters. The van der Waals surface area contributed by atoms with Gasteiger partial charge in [-0.25, -0.2) is 9.78 Å². The third kappa shape index (κ3) is 5.72. The van der Waals surface area contributed by atoms with Gasteiger partial charge in [0, 0.05) is 43.4 Å². The van der Waals surface area contributed by atoms with E-state index in [0.717, 1.165) is 11.1 Å². The van der Waals surface area contributed by atoms with Crippen molar-refractivity contribution in [3.05, 3.63) is 60.0 Å². The lowest BCUT2D eigenvalue weighted by Gasteiger charge is -2.53. The molecule has 0 aliphatic carbocycles. The highest BCUT2D eigenvalue weighted by Gasteiger charge is 2.50. The van der Waals surface area contributed by atoms with E-state index in [2.05, 4.69) is 33.7 Å². The largest absolute Gasteiger partial charge is 0.480 e. The molecule has 3 saturated heterocycles. The third-order valence-corrected chi connectivity index (χ3v) is 9.45. The molecule has 3 aliphatic rings. The summed E-state index contributed by atoms with van der Waals surface area (Å²) < 4.78 is 32.3. The van der Waals surface area contributed by atoms with Crippen LogP contribution in [0.4, 0.5) is 11.5 Å². The monoisotopic (exact) mass is 679 g/mol. The van der Waals surface area contributed by atoms with Crippen molar-refractivity contribution < 1.29 is 33.3 Å². The number of aliphatic carboxylic acids is 1. The lowest BCUT2D eigenvalue weighted by molar-refractivity contribution is -0.228. The number of fused-ring (bicyclic) bond motifs is 3. The Labute approximate surface area is 287 Å². The molecular formula is C36H37N7O7. The van der Waals surface area contributed by atoms with E-state index in [1.165, 1.54) is 0 Å². The normalized spacial score (nSPS) is 21.4. The molecule has 3 aliphatic heterocycles. The zero-order valence-corrected chi connectivity index (χ0v) is 28.2. The second-order valence-electron chi connectivity index (χ2n) is 13.2. The molecule has 0 bridgehead atoms. The average Bonchev–Trinajstić information content (AvgIpc) is 3.80. The predicted octanol–water partition coefficient (Wildman–Crippen LogP) is 3.80. The predicted molar refractivity (Wildman–Crippen MR) is 183 cm³/mol. The Hall–Kier alpha value is -5.39. The van der Waals surface area contributed by atoms with Gasteiger partial charge in [-0.3, -0.25) is 4.68 Å². The van der Waals surface area contributed by atoms with Gasteiger partial charge < -0.3 is 38.3 Å². The minimum Gasteiger partial charge on any atom is -0.480 e. The molecule has 3 fully saturated rings. The van der Waals surface area contributed by atoms with Gasteiger partial charge in [-0.1, -0.05) is 18.1 Å². The molecule has 5 aromatic rings. The van der Waals surface area contributed by atoms with E-state index in [0.29, 0.717) is 66.0 Å². The maximum atomic E-state index is 12.8. The van der Waals surface area contributed by atoms with E-state index >= 15 is 0 Å². The molecule has 14 nitrogen and oxygen atoms in total. The van der Waals surface area contributed by atoms with Crippen molar-refractivity contribution in [3.8, 4) is 23.7 Å². The summed E-state index contributed by atoms with van der Waals surface area (Å²) in [6, 6.07) is 10.5. The molecule has 0 radical (unpaired) electrons. The highest BCUT2D eigenvalue weighted by molar-refractivity contribution is 6.06. The number of aromatic nitrogens is 5. The van der Waals surface area contributed by atoms with E-state index in [4.69, 9.17) is 33.3 Å². The van der Waals surface area contributed by atoms with Crippen LogP contribution in [0.1, 0.15) is 38.4 Å². The molecular weight excluding hydrogens is 642 g/mol. The van der Waals surface area contributed by atoms with E-state index < -0.39 is 23.7 Å². The topological polar surface area (TPSA) is 150 Å². The zero-order chi connectivity index (χ0) is 34.6. The van der Waals surface area contributed by atoms with Gasteiger partial charge in [0.15, 0.2) is 11.4 Å². The van der Waals surface area contributed by atoms with Crippen LogP contribution >= 0.6 is 0 Å². The van der Waals surface area contributed by atoms with Crippen LogP contribution in [0, 0.1) is 11.8 Å². The quantitative estimate of drug-likeness (QED) is 0.249. The van der Waals surface area contributed by atoms with Crippen molar-refractivity contribution in [2.24, 2.45) is 7.05 Å². The van der Waals surface area contributed by atoms with Crippen LogP contribution in [-0.4, -0.2) is 98.6 Å². The van der Waals surface area contributed by atoms with Crippen molar-refractivity contribution in [1.82, 2.24) is 24.7 Å². The summed E-state index contributed by atoms with van der Waals surface area (Å²) in [5.74, 6) is 6.01. The summed E-state index contributed by atoms with van der Waals surface area (Å²) >= 11 is 0. The molecule has 7 heterocycles. The average molecular weight is 680 g/mol. The number of furan rings is 1. The Morgan fingerprint density at radius 2 is 1.98 bits per heavy atom. The SMILES string of the molecule is CC(C)Oc1nc(N2C[C@@H](Oc3ncc(C#Cc4ccn(C)n4)cc3N3CCOC4(COC4)[C@@H]3C)C[C@H]2C(=O)O)c2oc3ccccc3c2n1. The van der Waals surface area contributed by atoms with Crippen molar-refractivity contribution in [3.63, 3.8) is 0 Å². The number of hydrogen-bond donors (Lipinski definition) is 1. The smallest absolute Gasteiger partial charge is 0.326 e. The molecule has 1 N–H and O–H groups in total.